The molecule has 2 atom stereocenters. The van der Waals surface area contributed by atoms with E-state index in [4.69, 9.17) is 0 Å². The molecule has 1 aliphatic heterocycles. The molecule has 0 radical (unpaired) electrons. The van der Waals surface area contributed by atoms with Gasteiger partial charge in [-0.3, -0.25) is 14.4 Å². The van der Waals surface area contributed by atoms with Crippen LogP contribution in [-0.2, 0) is 20.8 Å². The Hall–Kier alpha value is -4.72. The Morgan fingerprint density at radius 2 is 1.64 bits per heavy atom. The van der Waals surface area contributed by atoms with E-state index < -0.39 is 18.0 Å². The number of hydrogen-bond acceptors (Lipinski definition) is 4. The van der Waals surface area contributed by atoms with Crippen molar-refractivity contribution in [2.45, 2.75) is 25.4 Å². The van der Waals surface area contributed by atoms with Crippen molar-refractivity contribution in [3.8, 4) is 0 Å². The maximum atomic E-state index is 14.0. The zero-order valence-electron chi connectivity index (χ0n) is 19.6. The van der Waals surface area contributed by atoms with Gasteiger partial charge in [0.05, 0.1) is 0 Å². The molecule has 8 heteroatoms. The standard InChI is InChI=1S/C28H25N5O3/c1-18(34)30-24(16-19-10-4-2-5-11-19)28(36)33-25(22-17-29-23-15-9-8-14-21(22)23)27(35)31-26(32-33)20-12-6-3-7-13-20/h2-15,17,24-25,29H,16H2,1H3,(H,30,34)(H,31,32,35)/t24-,25-/m0/s1. The predicted octanol–water partition coefficient (Wildman–Crippen LogP) is 3.28. The van der Waals surface area contributed by atoms with E-state index in [-0.39, 0.29) is 24.1 Å². The molecule has 0 spiro atoms. The van der Waals surface area contributed by atoms with Gasteiger partial charge in [0.15, 0.2) is 11.9 Å². The zero-order valence-corrected chi connectivity index (χ0v) is 19.6. The second kappa shape index (κ2) is 9.87. The molecule has 3 aromatic carbocycles. The van der Waals surface area contributed by atoms with Crippen molar-refractivity contribution in [3.63, 3.8) is 0 Å². The van der Waals surface area contributed by atoms with Gasteiger partial charge in [-0.15, -0.1) is 0 Å². The molecule has 180 valence electrons. The molecule has 8 nitrogen and oxygen atoms in total. The predicted molar refractivity (Wildman–Crippen MR) is 137 cm³/mol. The number of aromatic nitrogens is 1. The molecule has 2 heterocycles. The Labute approximate surface area is 208 Å². The maximum absolute atomic E-state index is 14.0. The van der Waals surface area contributed by atoms with Crippen molar-refractivity contribution >= 4 is 34.5 Å². The minimum atomic E-state index is -1.02. The third kappa shape index (κ3) is 4.61. The summed E-state index contributed by atoms with van der Waals surface area (Å²) in [6.45, 7) is 1.37. The Balaban J connectivity index is 1.60. The van der Waals surface area contributed by atoms with E-state index in [1.54, 1.807) is 6.20 Å². The van der Waals surface area contributed by atoms with Crippen LogP contribution in [-0.4, -0.2) is 39.6 Å². The number of amidine groups is 1. The Kier molecular flexibility index (Phi) is 6.32. The third-order valence-electron chi connectivity index (χ3n) is 6.09. The summed E-state index contributed by atoms with van der Waals surface area (Å²) in [5.74, 6) is -0.941. The van der Waals surface area contributed by atoms with Crippen molar-refractivity contribution in [3.05, 3.63) is 108 Å². The molecule has 1 aromatic heterocycles. The average molecular weight is 480 g/mol. The first-order valence-electron chi connectivity index (χ1n) is 11.7. The number of aromatic amines is 1. The summed E-state index contributed by atoms with van der Waals surface area (Å²) in [6, 6.07) is 24.2. The van der Waals surface area contributed by atoms with Crippen LogP contribution in [0.1, 0.15) is 29.7 Å². The van der Waals surface area contributed by atoms with Crippen LogP contribution in [0.25, 0.3) is 10.9 Å². The van der Waals surface area contributed by atoms with E-state index in [1.807, 2.05) is 84.9 Å². The molecule has 5 rings (SSSR count). The second-order valence-electron chi connectivity index (χ2n) is 8.62. The van der Waals surface area contributed by atoms with Crippen LogP contribution >= 0.6 is 0 Å². The van der Waals surface area contributed by atoms with Gasteiger partial charge < -0.3 is 15.6 Å². The number of carbonyl (C=O) groups is 3. The second-order valence-corrected chi connectivity index (χ2v) is 8.62. The summed E-state index contributed by atoms with van der Waals surface area (Å²) in [5, 5.41) is 12.3. The lowest BCUT2D eigenvalue weighted by Crippen LogP contribution is -2.55. The highest BCUT2D eigenvalue weighted by atomic mass is 16.2. The van der Waals surface area contributed by atoms with Crippen LogP contribution in [0.4, 0.5) is 0 Å². The minimum absolute atomic E-state index is 0.258. The lowest BCUT2D eigenvalue weighted by atomic mass is 10.0. The van der Waals surface area contributed by atoms with Crippen molar-refractivity contribution in [2.75, 3.05) is 0 Å². The summed E-state index contributed by atoms with van der Waals surface area (Å²) < 4.78 is 0. The molecule has 0 saturated carbocycles. The van der Waals surface area contributed by atoms with E-state index in [2.05, 4.69) is 20.7 Å². The van der Waals surface area contributed by atoms with Crippen molar-refractivity contribution in [1.29, 1.82) is 0 Å². The van der Waals surface area contributed by atoms with Gasteiger partial charge in [0.1, 0.15) is 6.04 Å². The summed E-state index contributed by atoms with van der Waals surface area (Å²) in [5.41, 5.74) is 3.00. The van der Waals surface area contributed by atoms with Crippen LogP contribution in [0.2, 0.25) is 0 Å². The van der Waals surface area contributed by atoms with Gasteiger partial charge in [-0.1, -0.05) is 78.9 Å². The van der Waals surface area contributed by atoms with Crippen molar-refractivity contribution in [2.24, 2.45) is 5.10 Å². The third-order valence-corrected chi connectivity index (χ3v) is 6.09. The molecule has 0 fully saturated rings. The fraction of sp³-hybridized carbons (Fsp3) is 0.143. The van der Waals surface area contributed by atoms with Crippen molar-refractivity contribution < 1.29 is 14.4 Å². The van der Waals surface area contributed by atoms with Gasteiger partial charge in [0.25, 0.3) is 11.8 Å². The quantitative estimate of drug-likeness (QED) is 0.395. The fourth-order valence-electron chi connectivity index (χ4n) is 4.44. The number of hydrogen-bond donors (Lipinski definition) is 3. The number of nitrogens with zero attached hydrogens (tertiary/aromatic N) is 2. The van der Waals surface area contributed by atoms with Gasteiger partial charge in [-0.25, -0.2) is 5.01 Å². The number of hydrazone groups is 1. The van der Waals surface area contributed by atoms with Crippen LogP contribution in [0.15, 0.2) is 96.2 Å². The number of para-hydroxylation sites is 1. The highest BCUT2D eigenvalue weighted by Gasteiger charge is 2.40. The average Bonchev–Trinajstić information content (AvgIpc) is 3.32. The van der Waals surface area contributed by atoms with Crippen LogP contribution in [0.3, 0.4) is 0 Å². The van der Waals surface area contributed by atoms with Gasteiger partial charge in [0, 0.05) is 41.6 Å². The molecule has 0 bridgehead atoms. The van der Waals surface area contributed by atoms with E-state index in [0.29, 0.717) is 11.1 Å². The Bertz CT molecular complexity index is 1450. The minimum Gasteiger partial charge on any atom is -0.361 e. The highest BCUT2D eigenvalue weighted by molar-refractivity contribution is 6.12. The first-order chi connectivity index (χ1) is 17.5. The topological polar surface area (TPSA) is 107 Å². The maximum Gasteiger partial charge on any atom is 0.266 e. The number of nitrogens with one attached hydrogen (secondary N) is 3. The molecule has 4 aromatic rings. The van der Waals surface area contributed by atoms with E-state index >= 15 is 0 Å². The Morgan fingerprint density at radius 1 is 0.972 bits per heavy atom. The van der Waals surface area contributed by atoms with Gasteiger partial charge >= 0.3 is 0 Å². The van der Waals surface area contributed by atoms with E-state index in [9.17, 15) is 14.4 Å². The zero-order chi connectivity index (χ0) is 25.1. The number of amides is 3. The number of carbonyl (C=O) groups excluding carboxylic acids is 3. The monoisotopic (exact) mass is 479 g/mol. The SMILES string of the molecule is CC(=O)N[C@@H](Cc1ccccc1)C(=O)N1N=C(c2ccccc2)NC(=O)[C@@H]1c1c[nH]c2ccccc12. The van der Waals surface area contributed by atoms with Crippen LogP contribution < -0.4 is 10.6 Å². The van der Waals surface area contributed by atoms with Crippen LogP contribution in [0, 0.1) is 0 Å². The first-order valence-corrected chi connectivity index (χ1v) is 11.7. The molecule has 3 N–H and O–H groups in total. The smallest absolute Gasteiger partial charge is 0.266 e. The molecular weight excluding hydrogens is 454 g/mol. The van der Waals surface area contributed by atoms with Gasteiger partial charge in [-0.05, 0) is 11.6 Å². The highest BCUT2D eigenvalue weighted by Crippen LogP contribution is 2.32. The summed E-state index contributed by atoms with van der Waals surface area (Å²) in [4.78, 5) is 42.8. The molecular formula is C28H25N5O3. The summed E-state index contributed by atoms with van der Waals surface area (Å²) >= 11 is 0. The van der Waals surface area contributed by atoms with E-state index in [0.717, 1.165) is 16.5 Å². The molecule has 0 unspecified atom stereocenters. The Morgan fingerprint density at radius 3 is 2.36 bits per heavy atom. The number of fused-ring (bicyclic) bond motifs is 1. The van der Waals surface area contributed by atoms with Crippen LogP contribution in [0.5, 0.6) is 0 Å². The largest absolute Gasteiger partial charge is 0.361 e. The number of rotatable bonds is 6. The van der Waals surface area contributed by atoms with E-state index in [1.165, 1.54) is 11.9 Å². The molecule has 36 heavy (non-hydrogen) atoms. The fourth-order valence-corrected chi connectivity index (χ4v) is 4.44. The van der Waals surface area contributed by atoms with Gasteiger partial charge in [0.2, 0.25) is 5.91 Å². The lowest BCUT2D eigenvalue weighted by molar-refractivity contribution is -0.144. The number of benzene rings is 3. The molecule has 0 aliphatic carbocycles. The molecule has 0 saturated heterocycles. The summed E-state index contributed by atoms with van der Waals surface area (Å²) in [7, 11) is 0. The molecule has 3 amide bonds. The number of H-pyrrole nitrogens is 1. The first kappa shape index (κ1) is 23.0. The normalized spacial score (nSPS) is 16.2. The van der Waals surface area contributed by atoms with Gasteiger partial charge in [-0.2, -0.15) is 5.10 Å². The lowest BCUT2D eigenvalue weighted by Gasteiger charge is -2.34. The molecule has 1 aliphatic rings. The van der Waals surface area contributed by atoms with Crippen molar-refractivity contribution in [1.82, 2.24) is 20.6 Å². The summed E-state index contributed by atoms with van der Waals surface area (Å²) in [6.07, 6.45) is 1.98.